The summed E-state index contributed by atoms with van der Waals surface area (Å²) >= 11 is 0. The van der Waals surface area contributed by atoms with E-state index in [4.69, 9.17) is 0 Å². The second-order valence-corrected chi connectivity index (χ2v) is 5.41. The molecule has 1 aromatic carbocycles. The standard InChI is InChI=1S/C16H19N3O3/c1-4-9-17-13(20)10-19-14(21)16(3,18-15(19)22)12-7-5-11(2)6-8-12/h4-8H,1,9-10H2,2-3H3,(H,17,20)(H,18,22)/t16-/m1/s1. The second kappa shape index (κ2) is 6.01. The van der Waals surface area contributed by atoms with Crippen LogP contribution in [-0.4, -0.2) is 35.8 Å². The van der Waals surface area contributed by atoms with Crippen LogP contribution in [0, 0.1) is 6.92 Å². The zero-order valence-electron chi connectivity index (χ0n) is 12.7. The second-order valence-electron chi connectivity index (χ2n) is 5.41. The predicted molar refractivity (Wildman–Crippen MR) is 82.0 cm³/mol. The van der Waals surface area contributed by atoms with Crippen LogP contribution in [0.1, 0.15) is 18.1 Å². The van der Waals surface area contributed by atoms with Gasteiger partial charge in [0.2, 0.25) is 5.91 Å². The lowest BCUT2D eigenvalue weighted by atomic mass is 9.91. The Morgan fingerprint density at radius 3 is 2.59 bits per heavy atom. The molecule has 2 rings (SSSR count). The van der Waals surface area contributed by atoms with Gasteiger partial charge in [0, 0.05) is 6.54 Å². The average Bonchev–Trinajstić information content (AvgIpc) is 2.70. The van der Waals surface area contributed by atoms with E-state index < -0.39 is 23.4 Å². The molecule has 116 valence electrons. The lowest BCUT2D eigenvalue weighted by Gasteiger charge is -2.22. The molecule has 1 aliphatic rings. The fourth-order valence-corrected chi connectivity index (χ4v) is 2.31. The van der Waals surface area contributed by atoms with Crippen molar-refractivity contribution in [1.29, 1.82) is 0 Å². The van der Waals surface area contributed by atoms with Crippen LogP contribution in [0.5, 0.6) is 0 Å². The van der Waals surface area contributed by atoms with Crippen molar-refractivity contribution in [3.05, 3.63) is 48.0 Å². The van der Waals surface area contributed by atoms with Crippen molar-refractivity contribution in [3.63, 3.8) is 0 Å². The maximum atomic E-state index is 12.6. The van der Waals surface area contributed by atoms with E-state index in [1.54, 1.807) is 19.1 Å². The highest BCUT2D eigenvalue weighted by Gasteiger charge is 2.49. The van der Waals surface area contributed by atoms with Crippen LogP contribution in [-0.2, 0) is 15.1 Å². The third kappa shape index (κ3) is 2.86. The van der Waals surface area contributed by atoms with Gasteiger partial charge in [-0.15, -0.1) is 6.58 Å². The Kier molecular flexibility index (Phi) is 4.30. The quantitative estimate of drug-likeness (QED) is 0.630. The number of amides is 4. The molecule has 0 aliphatic carbocycles. The van der Waals surface area contributed by atoms with Crippen molar-refractivity contribution < 1.29 is 14.4 Å². The van der Waals surface area contributed by atoms with Crippen LogP contribution in [0.25, 0.3) is 0 Å². The van der Waals surface area contributed by atoms with E-state index in [0.717, 1.165) is 10.5 Å². The largest absolute Gasteiger partial charge is 0.351 e. The maximum Gasteiger partial charge on any atom is 0.325 e. The van der Waals surface area contributed by atoms with E-state index in [2.05, 4.69) is 17.2 Å². The Morgan fingerprint density at radius 2 is 2.00 bits per heavy atom. The van der Waals surface area contributed by atoms with E-state index in [-0.39, 0.29) is 13.1 Å². The van der Waals surface area contributed by atoms with Gasteiger partial charge in [-0.25, -0.2) is 4.79 Å². The summed E-state index contributed by atoms with van der Waals surface area (Å²) in [4.78, 5) is 37.3. The molecule has 1 atom stereocenters. The van der Waals surface area contributed by atoms with E-state index in [9.17, 15) is 14.4 Å². The lowest BCUT2D eigenvalue weighted by molar-refractivity contribution is -0.134. The summed E-state index contributed by atoms with van der Waals surface area (Å²) in [5.74, 6) is -0.841. The molecule has 1 saturated heterocycles. The topological polar surface area (TPSA) is 78.5 Å². The van der Waals surface area contributed by atoms with Crippen LogP contribution in [0.15, 0.2) is 36.9 Å². The Labute approximate surface area is 129 Å². The molecule has 0 unspecified atom stereocenters. The summed E-state index contributed by atoms with van der Waals surface area (Å²) in [5, 5.41) is 5.21. The Morgan fingerprint density at radius 1 is 1.36 bits per heavy atom. The van der Waals surface area contributed by atoms with Gasteiger partial charge in [-0.3, -0.25) is 14.5 Å². The fraction of sp³-hybridized carbons (Fsp3) is 0.312. The van der Waals surface area contributed by atoms with Crippen molar-refractivity contribution in [2.24, 2.45) is 0 Å². The SMILES string of the molecule is C=CCNC(=O)CN1C(=O)N[C@](C)(c2ccc(C)cc2)C1=O. The van der Waals surface area contributed by atoms with E-state index >= 15 is 0 Å². The number of carbonyl (C=O) groups excluding carboxylic acids is 3. The number of carbonyl (C=O) groups is 3. The minimum absolute atomic E-state index is 0.289. The van der Waals surface area contributed by atoms with Crippen LogP contribution in [0.3, 0.4) is 0 Å². The summed E-state index contributed by atoms with van der Waals surface area (Å²) in [6.45, 7) is 7.05. The lowest BCUT2D eigenvalue weighted by Crippen LogP contribution is -2.43. The van der Waals surface area contributed by atoms with Crippen molar-refractivity contribution in [1.82, 2.24) is 15.5 Å². The smallest absolute Gasteiger partial charge is 0.325 e. The number of benzene rings is 1. The first-order chi connectivity index (χ1) is 10.4. The highest BCUT2D eigenvalue weighted by atomic mass is 16.2. The highest BCUT2D eigenvalue weighted by Crippen LogP contribution is 2.28. The molecule has 0 bridgehead atoms. The molecular formula is C16H19N3O3. The van der Waals surface area contributed by atoms with Gasteiger partial charge >= 0.3 is 6.03 Å². The van der Waals surface area contributed by atoms with Crippen molar-refractivity contribution in [3.8, 4) is 0 Å². The molecule has 1 fully saturated rings. The minimum Gasteiger partial charge on any atom is -0.351 e. The van der Waals surface area contributed by atoms with E-state index in [1.807, 2.05) is 19.1 Å². The minimum atomic E-state index is -1.15. The van der Waals surface area contributed by atoms with Crippen LogP contribution in [0.2, 0.25) is 0 Å². The fourth-order valence-electron chi connectivity index (χ4n) is 2.31. The number of rotatable bonds is 5. The number of urea groups is 1. The molecule has 0 aromatic heterocycles. The Hall–Kier alpha value is -2.63. The van der Waals surface area contributed by atoms with Crippen LogP contribution >= 0.6 is 0 Å². The monoisotopic (exact) mass is 301 g/mol. The first-order valence-electron chi connectivity index (χ1n) is 6.97. The highest BCUT2D eigenvalue weighted by molar-refractivity contribution is 6.09. The van der Waals surface area contributed by atoms with Crippen molar-refractivity contribution >= 4 is 17.8 Å². The third-order valence-corrected chi connectivity index (χ3v) is 3.65. The molecule has 2 N–H and O–H groups in total. The van der Waals surface area contributed by atoms with Gasteiger partial charge in [-0.2, -0.15) is 0 Å². The zero-order valence-corrected chi connectivity index (χ0v) is 12.7. The maximum absolute atomic E-state index is 12.6. The van der Waals surface area contributed by atoms with Gasteiger partial charge in [-0.1, -0.05) is 35.9 Å². The summed E-state index contributed by atoms with van der Waals surface area (Å²) in [6, 6.07) is 6.78. The van der Waals surface area contributed by atoms with Gasteiger partial charge in [0.15, 0.2) is 0 Å². The first kappa shape index (κ1) is 15.8. The zero-order chi connectivity index (χ0) is 16.3. The number of imide groups is 1. The molecule has 1 aliphatic heterocycles. The van der Waals surface area contributed by atoms with Crippen LogP contribution < -0.4 is 10.6 Å². The Balaban J connectivity index is 2.18. The molecule has 22 heavy (non-hydrogen) atoms. The molecule has 1 aromatic rings. The normalized spacial score (nSPS) is 20.7. The number of hydrogen-bond acceptors (Lipinski definition) is 3. The molecule has 0 spiro atoms. The average molecular weight is 301 g/mol. The molecule has 1 heterocycles. The molecule has 0 saturated carbocycles. The van der Waals surface area contributed by atoms with Crippen molar-refractivity contribution in [2.45, 2.75) is 19.4 Å². The summed E-state index contributed by atoms with van der Waals surface area (Å²) in [5.41, 5.74) is 0.596. The molecule has 6 heteroatoms. The van der Waals surface area contributed by atoms with E-state index in [0.29, 0.717) is 5.56 Å². The third-order valence-electron chi connectivity index (χ3n) is 3.65. The summed E-state index contributed by atoms with van der Waals surface area (Å²) in [7, 11) is 0. The first-order valence-corrected chi connectivity index (χ1v) is 6.97. The number of aryl methyl sites for hydroxylation is 1. The van der Waals surface area contributed by atoms with Gasteiger partial charge in [0.1, 0.15) is 12.1 Å². The van der Waals surface area contributed by atoms with Gasteiger partial charge in [0.05, 0.1) is 0 Å². The van der Waals surface area contributed by atoms with Crippen LogP contribution in [0.4, 0.5) is 4.79 Å². The molecule has 4 amide bonds. The van der Waals surface area contributed by atoms with Gasteiger partial charge in [0.25, 0.3) is 5.91 Å². The molecule has 0 radical (unpaired) electrons. The summed E-state index contributed by atoms with van der Waals surface area (Å²) in [6.07, 6.45) is 1.53. The van der Waals surface area contributed by atoms with Gasteiger partial charge in [-0.05, 0) is 19.4 Å². The number of hydrogen-bond donors (Lipinski definition) is 2. The number of nitrogens with zero attached hydrogens (tertiary/aromatic N) is 1. The van der Waals surface area contributed by atoms with Crippen molar-refractivity contribution in [2.75, 3.05) is 13.1 Å². The predicted octanol–water partition coefficient (Wildman–Crippen LogP) is 1.06. The summed E-state index contributed by atoms with van der Waals surface area (Å²) < 4.78 is 0. The number of nitrogens with one attached hydrogen (secondary N) is 2. The Bertz CT molecular complexity index is 624. The van der Waals surface area contributed by atoms with E-state index in [1.165, 1.54) is 6.08 Å². The van der Waals surface area contributed by atoms with Gasteiger partial charge < -0.3 is 10.6 Å². The molecular weight excluding hydrogens is 282 g/mol. The molecule has 6 nitrogen and oxygen atoms in total.